The number of hydrogen-bond donors (Lipinski definition) is 0. The number of rotatable bonds is 7. The fourth-order valence-corrected chi connectivity index (χ4v) is 5.03. The van der Waals surface area contributed by atoms with Gasteiger partial charge in [0.1, 0.15) is 0 Å². The fraction of sp³-hybridized carbons (Fsp3) is 0.409. The standard InChI is InChI=1S/C22H28O3S/c1-18(2)8-7-9-19(3)12-15-22(16-13-20(23)14-17-22)26(24,25)21-10-5-4-6-11-21/h4-6,8,10-13,16H,7,9,14-15,17H2,1-3H3/b19-12+/t22-/m0/s1. The van der Waals surface area contributed by atoms with Crippen molar-refractivity contribution in [1.29, 1.82) is 0 Å². The fourth-order valence-electron chi connectivity index (χ4n) is 3.12. The van der Waals surface area contributed by atoms with Crippen molar-refractivity contribution < 1.29 is 13.2 Å². The number of carbonyl (C=O) groups is 1. The molecular formula is C22H28O3S. The van der Waals surface area contributed by atoms with Crippen molar-refractivity contribution in [3.63, 3.8) is 0 Å². The van der Waals surface area contributed by atoms with E-state index in [1.807, 2.05) is 13.0 Å². The van der Waals surface area contributed by atoms with E-state index in [9.17, 15) is 13.2 Å². The normalized spacial score (nSPS) is 20.9. The molecule has 26 heavy (non-hydrogen) atoms. The van der Waals surface area contributed by atoms with Crippen LogP contribution >= 0.6 is 0 Å². The molecule has 1 aliphatic rings. The molecule has 1 atom stereocenters. The van der Waals surface area contributed by atoms with Gasteiger partial charge >= 0.3 is 0 Å². The van der Waals surface area contributed by atoms with Gasteiger partial charge in [-0.1, -0.05) is 47.6 Å². The van der Waals surface area contributed by atoms with Gasteiger partial charge in [-0.2, -0.15) is 0 Å². The Bertz CT molecular complexity index is 825. The van der Waals surface area contributed by atoms with Gasteiger partial charge in [0.05, 0.1) is 9.64 Å². The third-order valence-corrected chi connectivity index (χ3v) is 7.31. The third kappa shape index (κ3) is 4.82. The van der Waals surface area contributed by atoms with Gasteiger partial charge < -0.3 is 0 Å². The van der Waals surface area contributed by atoms with Crippen molar-refractivity contribution >= 4 is 15.6 Å². The molecule has 0 unspecified atom stereocenters. The van der Waals surface area contributed by atoms with Gasteiger partial charge in [-0.05, 0) is 64.7 Å². The van der Waals surface area contributed by atoms with Gasteiger partial charge in [-0.25, -0.2) is 8.42 Å². The van der Waals surface area contributed by atoms with Gasteiger partial charge in [-0.3, -0.25) is 4.79 Å². The molecule has 0 heterocycles. The second kappa shape index (κ2) is 8.63. The SMILES string of the molecule is CC(C)=CCC/C(C)=C/C[C@]1(S(=O)(=O)c2ccccc2)C=CC(=O)CC1. The molecular weight excluding hydrogens is 344 g/mol. The molecule has 1 aromatic rings. The number of allylic oxidation sites excluding steroid dienone is 5. The maximum absolute atomic E-state index is 13.3. The molecule has 2 rings (SSSR count). The predicted octanol–water partition coefficient (Wildman–Crippen LogP) is 5.20. The van der Waals surface area contributed by atoms with E-state index in [2.05, 4.69) is 19.9 Å². The molecule has 1 aliphatic carbocycles. The number of hydrogen-bond acceptors (Lipinski definition) is 3. The molecule has 0 radical (unpaired) electrons. The summed E-state index contributed by atoms with van der Waals surface area (Å²) in [6, 6.07) is 8.54. The summed E-state index contributed by atoms with van der Waals surface area (Å²) in [4.78, 5) is 12.0. The summed E-state index contributed by atoms with van der Waals surface area (Å²) in [5, 5.41) is 0. The van der Waals surface area contributed by atoms with Crippen molar-refractivity contribution in [3.05, 3.63) is 65.8 Å². The van der Waals surface area contributed by atoms with E-state index in [0.717, 1.165) is 12.8 Å². The van der Waals surface area contributed by atoms with E-state index in [-0.39, 0.29) is 12.2 Å². The monoisotopic (exact) mass is 372 g/mol. The van der Waals surface area contributed by atoms with Crippen LogP contribution in [0.25, 0.3) is 0 Å². The first-order valence-corrected chi connectivity index (χ1v) is 10.6. The first kappa shape index (κ1) is 20.4. The van der Waals surface area contributed by atoms with E-state index >= 15 is 0 Å². The summed E-state index contributed by atoms with van der Waals surface area (Å²) < 4.78 is 25.6. The molecule has 1 aromatic carbocycles. The van der Waals surface area contributed by atoms with Crippen LogP contribution in [0, 0.1) is 0 Å². The van der Waals surface area contributed by atoms with E-state index < -0.39 is 14.6 Å². The first-order valence-electron chi connectivity index (χ1n) is 9.08. The predicted molar refractivity (Wildman–Crippen MR) is 107 cm³/mol. The molecule has 3 nitrogen and oxygen atoms in total. The van der Waals surface area contributed by atoms with Gasteiger partial charge in [0.2, 0.25) is 0 Å². The van der Waals surface area contributed by atoms with E-state index in [0.29, 0.717) is 17.7 Å². The lowest BCUT2D eigenvalue weighted by molar-refractivity contribution is -0.115. The minimum absolute atomic E-state index is 0.00635. The molecule has 4 heteroatoms. The summed E-state index contributed by atoms with van der Waals surface area (Å²) in [6.45, 7) is 6.19. The van der Waals surface area contributed by atoms with Crippen LogP contribution in [0.2, 0.25) is 0 Å². The Balaban J connectivity index is 2.31. The lowest BCUT2D eigenvalue weighted by atomic mass is 9.90. The Labute approximate surface area is 157 Å². The Morgan fingerprint density at radius 2 is 1.81 bits per heavy atom. The second-order valence-corrected chi connectivity index (χ2v) is 9.55. The topological polar surface area (TPSA) is 51.2 Å². The Hall–Kier alpha value is -1.94. The highest BCUT2D eigenvalue weighted by atomic mass is 32.2. The summed E-state index contributed by atoms with van der Waals surface area (Å²) in [5.74, 6) is -0.00635. The van der Waals surface area contributed by atoms with Crippen LogP contribution in [0.4, 0.5) is 0 Å². The zero-order chi connectivity index (χ0) is 19.2. The highest BCUT2D eigenvalue weighted by molar-refractivity contribution is 7.93. The van der Waals surface area contributed by atoms with E-state index in [4.69, 9.17) is 0 Å². The lowest BCUT2D eigenvalue weighted by Crippen LogP contribution is -2.39. The van der Waals surface area contributed by atoms with Gasteiger partial charge in [0, 0.05) is 6.42 Å². The molecule has 0 amide bonds. The molecule has 0 aliphatic heterocycles. The molecule has 0 bridgehead atoms. The van der Waals surface area contributed by atoms with Crippen molar-refractivity contribution in [1.82, 2.24) is 0 Å². The highest BCUT2D eigenvalue weighted by Crippen LogP contribution is 2.38. The quantitative estimate of drug-likeness (QED) is 0.618. The minimum atomic E-state index is -3.57. The number of sulfone groups is 1. The van der Waals surface area contributed by atoms with Crippen LogP contribution < -0.4 is 0 Å². The average Bonchev–Trinajstić information content (AvgIpc) is 2.62. The van der Waals surface area contributed by atoms with Crippen molar-refractivity contribution in [3.8, 4) is 0 Å². The van der Waals surface area contributed by atoms with E-state index in [1.54, 1.807) is 36.4 Å². The van der Waals surface area contributed by atoms with Crippen LogP contribution in [0.5, 0.6) is 0 Å². The highest BCUT2D eigenvalue weighted by Gasteiger charge is 2.43. The molecule has 0 aromatic heterocycles. The molecule has 0 fully saturated rings. The largest absolute Gasteiger partial charge is 0.295 e. The molecule has 140 valence electrons. The van der Waals surface area contributed by atoms with Gasteiger partial charge in [-0.15, -0.1) is 0 Å². The maximum atomic E-state index is 13.3. The number of carbonyl (C=O) groups excluding carboxylic acids is 1. The van der Waals surface area contributed by atoms with E-state index in [1.165, 1.54) is 17.2 Å². The zero-order valence-corrected chi connectivity index (χ0v) is 16.7. The first-order chi connectivity index (χ1) is 12.3. The molecule has 0 N–H and O–H groups in total. The summed E-state index contributed by atoms with van der Waals surface area (Å²) in [6.07, 6.45) is 10.1. The number of ketones is 1. The van der Waals surface area contributed by atoms with Crippen LogP contribution in [-0.2, 0) is 14.6 Å². The summed E-state index contributed by atoms with van der Waals surface area (Å²) in [7, 11) is -3.57. The van der Waals surface area contributed by atoms with Crippen LogP contribution in [0.15, 0.2) is 70.7 Å². The Morgan fingerprint density at radius 3 is 2.38 bits per heavy atom. The Kier molecular flexibility index (Phi) is 6.76. The van der Waals surface area contributed by atoms with Crippen molar-refractivity contribution in [2.45, 2.75) is 62.5 Å². The van der Waals surface area contributed by atoms with Gasteiger partial charge in [0.15, 0.2) is 15.6 Å². The van der Waals surface area contributed by atoms with Crippen molar-refractivity contribution in [2.24, 2.45) is 0 Å². The van der Waals surface area contributed by atoms with Crippen LogP contribution in [0.3, 0.4) is 0 Å². The van der Waals surface area contributed by atoms with Crippen LogP contribution in [-0.4, -0.2) is 18.9 Å². The Morgan fingerprint density at radius 1 is 1.12 bits per heavy atom. The third-order valence-electron chi connectivity index (χ3n) is 4.84. The smallest absolute Gasteiger partial charge is 0.187 e. The summed E-state index contributed by atoms with van der Waals surface area (Å²) in [5.41, 5.74) is 2.46. The van der Waals surface area contributed by atoms with Crippen molar-refractivity contribution in [2.75, 3.05) is 0 Å². The lowest BCUT2D eigenvalue weighted by Gasteiger charge is -2.32. The number of benzene rings is 1. The molecule has 0 saturated heterocycles. The minimum Gasteiger partial charge on any atom is -0.295 e. The maximum Gasteiger partial charge on any atom is 0.187 e. The second-order valence-electron chi connectivity index (χ2n) is 7.26. The molecule has 0 spiro atoms. The van der Waals surface area contributed by atoms with Gasteiger partial charge in [0.25, 0.3) is 0 Å². The summed E-state index contributed by atoms with van der Waals surface area (Å²) >= 11 is 0. The van der Waals surface area contributed by atoms with Crippen LogP contribution in [0.1, 0.15) is 52.9 Å². The average molecular weight is 373 g/mol. The zero-order valence-electron chi connectivity index (χ0n) is 15.9. The molecule has 0 saturated carbocycles.